The molecule has 1 fully saturated rings. The summed E-state index contributed by atoms with van der Waals surface area (Å²) in [5, 5.41) is 7.95. The Morgan fingerprint density at radius 2 is 1.56 bits per heavy atom. The van der Waals surface area contributed by atoms with E-state index in [0.717, 1.165) is 0 Å². The highest BCUT2D eigenvalue weighted by molar-refractivity contribution is 5.99. The highest BCUT2D eigenvalue weighted by atomic mass is 19.1. The molecule has 0 aliphatic carbocycles. The molecule has 5 N–H and O–H groups in total. The van der Waals surface area contributed by atoms with Gasteiger partial charge in [0.25, 0.3) is 5.91 Å². The van der Waals surface area contributed by atoms with Crippen LogP contribution in [0, 0.1) is 17.7 Å². The van der Waals surface area contributed by atoms with Crippen LogP contribution in [-0.4, -0.2) is 76.7 Å². The third kappa shape index (κ3) is 11.8. The number of hydrogen-bond acceptors (Lipinski definition) is 7. The van der Waals surface area contributed by atoms with Crippen molar-refractivity contribution < 1.29 is 37.9 Å². The van der Waals surface area contributed by atoms with E-state index in [0.29, 0.717) is 19.4 Å². The average molecular weight is 634 g/mol. The van der Waals surface area contributed by atoms with Crippen molar-refractivity contribution in [2.24, 2.45) is 17.6 Å². The minimum absolute atomic E-state index is 0.0456. The summed E-state index contributed by atoms with van der Waals surface area (Å²) >= 11 is 0. The van der Waals surface area contributed by atoms with E-state index in [1.165, 1.54) is 29.2 Å². The van der Waals surface area contributed by atoms with Crippen LogP contribution in [0.3, 0.4) is 0 Å². The lowest BCUT2D eigenvalue weighted by Gasteiger charge is -2.29. The number of rotatable bonds is 14. The van der Waals surface area contributed by atoms with Gasteiger partial charge in [-0.3, -0.25) is 28.8 Å². The van der Waals surface area contributed by atoms with Gasteiger partial charge in [0.1, 0.15) is 35.6 Å². The van der Waals surface area contributed by atoms with Crippen molar-refractivity contribution in [3.63, 3.8) is 0 Å². The second kappa shape index (κ2) is 16.3. The van der Waals surface area contributed by atoms with E-state index >= 15 is 0 Å². The molecule has 5 amide bonds. The molecule has 13 heteroatoms. The van der Waals surface area contributed by atoms with Crippen LogP contribution >= 0.6 is 0 Å². The van der Waals surface area contributed by atoms with Crippen LogP contribution in [0.15, 0.2) is 24.3 Å². The Balaban J connectivity index is 2.24. The fourth-order valence-electron chi connectivity index (χ4n) is 5.03. The van der Waals surface area contributed by atoms with E-state index in [1.54, 1.807) is 34.6 Å². The molecule has 12 nitrogen and oxygen atoms in total. The van der Waals surface area contributed by atoms with Gasteiger partial charge in [-0.05, 0) is 82.6 Å². The SMILES string of the molecule is CC(C)C[C@H](NC(=O)[C@@H]1CCCN1C(=O)c1ccc(F)cc1)C(=O)N[C@@H](CCC(=O)OC(C)(C)C)C(=O)N[C@H](C(N)=O)C(C)C. The molecular formula is C32H48FN5O7. The second-order valence-corrected chi connectivity index (χ2v) is 13.2. The van der Waals surface area contributed by atoms with Crippen LogP contribution in [-0.2, 0) is 28.7 Å². The first-order valence-corrected chi connectivity index (χ1v) is 15.4. The quantitative estimate of drug-likeness (QED) is 0.227. The number of nitrogens with zero attached hydrogens (tertiary/aromatic N) is 1. The van der Waals surface area contributed by atoms with E-state index < -0.39 is 71.1 Å². The molecular weight excluding hydrogens is 585 g/mol. The molecule has 4 atom stereocenters. The van der Waals surface area contributed by atoms with Gasteiger partial charge in [-0.15, -0.1) is 0 Å². The molecule has 1 aromatic carbocycles. The summed E-state index contributed by atoms with van der Waals surface area (Å²) in [4.78, 5) is 79.3. The number of primary amides is 1. The Bertz CT molecular complexity index is 1230. The normalized spacial score (nSPS) is 16.9. The summed E-state index contributed by atoms with van der Waals surface area (Å²) in [7, 11) is 0. The van der Waals surface area contributed by atoms with Gasteiger partial charge in [-0.25, -0.2) is 4.39 Å². The van der Waals surface area contributed by atoms with Gasteiger partial charge in [-0.1, -0.05) is 27.7 Å². The van der Waals surface area contributed by atoms with Crippen LogP contribution in [0.25, 0.3) is 0 Å². The first-order chi connectivity index (χ1) is 20.9. The Hall–Kier alpha value is -4.03. The molecule has 0 bridgehead atoms. The third-order valence-electron chi connectivity index (χ3n) is 7.21. The van der Waals surface area contributed by atoms with Gasteiger partial charge in [0.2, 0.25) is 23.6 Å². The zero-order valence-electron chi connectivity index (χ0n) is 27.3. The maximum absolute atomic E-state index is 13.6. The summed E-state index contributed by atoms with van der Waals surface area (Å²) in [6.45, 7) is 12.5. The van der Waals surface area contributed by atoms with Gasteiger partial charge < -0.3 is 31.3 Å². The van der Waals surface area contributed by atoms with Gasteiger partial charge in [-0.2, -0.15) is 0 Å². The predicted molar refractivity (Wildman–Crippen MR) is 165 cm³/mol. The standard InChI is InChI=1S/C32H48FN5O7/c1-18(2)17-23(36-30(43)24-9-8-16-38(24)31(44)20-10-12-21(33)13-11-20)29(42)35-22(14-15-25(39)45-32(5,6)7)28(41)37-26(19(3)4)27(34)40/h10-13,18-19,22-24,26H,8-9,14-17H2,1-7H3,(H2,34,40)(H,35,42)(H,36,43)(H,37,41)/t22-,23-,24-,26-/m0/s1. The molecule has 1 aliphatic rings. The lowest BCUT2D eigenvalue weighted by Crippen LogP contribution is -2.58. The molecule has 0 aromatic heterocycles. The molecule has 0 saturated carbocycles. The molecule has 0 spiro atoms. The van der Waals surface area contributed by atoms with Crippen molar-refractivity contribution in [1.29, 1.82) is 0 Å². The number of halogens is 1. The number of carbonyl (C=O) groups excluding carboxylic acids is 6. The maximum Gasteiger partial charge on any atom is 0.306 e. The van der Waals surface area contributed by atoms with E-state index in [4.69, 9.17) is 10.5 Å². The molecule has 250 valence electrons. The topological polar surface area (TPSA) is 177 Å². The Labute approximate surface area is 264 Å². The number of likely N-dealkylation sites (tertiary alicyclic amines) is 1. The summed E-state index contributed by atoms with van der Waals surface area (Å²) in [6.07, 6.45) is 0.811. The molecule has 45 heavy (non-hydrogen) atoms. The number of hydrogen-bond donors (Lipinski definition) is 4. The number of carbonyl (C=O) groups is 6. The summed E-state index contributed by atoms with van der Waals surface area (Å²) in [5.41, 5.74) is 4.95. The number of nitrogens with two attached hydrogens (primary N) is 1. The van der Waals surface area contributed by atoms with Gasteiger partial charge in [0.05, 0.1) is 0 Å². The van der Waals surface area contributed by atoms with Crippen LogP contribution in [0.4, 0.5) is 4.39 Å². The van der Waals surface area contributed by atoms with E-state index in [9.17, 15) is 33.2 Å². The van der Waals surface area contributed by atoms with Crippen LogP contribution in [0.1, 0.15) is 90.9 Å². The Morgan fingerprint density at radius 1 is 0.956 bits per heavy atom. The van der Waals surface area contributed by atoms with Crippen molar-refractivity contribution in [2.75, 3.05) is 6.54 Å². The van der Waals surface area contributed by atoms with Crippen LogP contribution in [0.5, 0.6) is 0 Å². The van der Waals surface area contributed by atoms with E-state index in [-0.39, 0.29) is 36.7 Å². The lowest BCUT2D eigenvalue weighted by molar-refractivity contribution is -0.155. The van der Waals surface area contributed by atoms with Crippen LogP contribution < -0.4 is 21.7 Å². The first-order valence-electron chi connectivity index (χ1n) is 15.4. The van der Waals surface area contributed by atoms with Gasteiger partial charge in [0, 0.05) is 18.5 Å². The van der Waals surface area contributed by atoms with Crippen molar-refractivity contribution in [1.82, 2.24) is 20.9 Å². The molecule has 1 heterocycles. The summed E-state index contributed by atoms with van der Waals surface area (Å²) in [5.74, 6) is -4.55. The number of nitrogens with one attached hydrogen (secondary N) is 3. The molecule has 0 radical (unpaired) electrons. The molecule has 2 rings (SSSR count). The fourth-order valence-corrected chi connectivity index (χ4v) is 5.03. The minimum atomic E-state index is -1.25. The van der Waals surface area contributed by atoms with E-state index in [1.807, 2.05) is 13.8 Å². The van der Waals surface area contributed by atoms with Crippen molar-refractivity contribution in [3.8, 4) is 0 Å². The van der Waals surface area contributed by atoms with Crippen molar-refractivity contribution in [3.05, 3.63) is 35.6 Å². The zero-order valence-corrected chi connectivity index (χ0v) is 27.3. The van der Waals surface area contributed by atoms with Crippen molar-refractivity contribution in [2.45, 2.75) is 110 Å². The number of amides is 5. The lowest BCUT2D eigenvalue weighted by atomic mass is 10.0. The number of esters is 1. The minimum Gasteiger partial charge on any atom is -0.460 e. The number of ether oxygens (including phenoxy) is 1. The van der Waals surface area contributed by atoms with E-state index in [2.05, 4.69) is 16.0 Å². The highest BCUT2D eigenvalue weighted by Gasteiger charge is 2.37. The third-order valence-corrected chi connectivity index (χ3v) is 7.21. The van der Waals surface area contributed by atoms with Crippen molar-refractivity contribution >= 4 is 35.5 Å². The molecule has 0 unspecified atom stereocenters. The van der Waals surface area contributed by atoms with Gasteiger partial charge in [0.15, 0.2) is 0 Å². The molecule has 1 aliphatic heterocycles. The van der Waals surface area contributed by atoms with Gasteiger partial charge >= 0.3 is 5.97 Å². The summed E-state index contributed by atoms with van der Waals surface area (Å²) in [6, 6.07) is 0.854. The molecule has 1 saturated heterocycles. The fraction of sp³-hybridized carbons (Fsp3) is 0.625. The maximum atomic E-state index is 13.6. The Morgan fingerprint density at radius 3 is 2.09 bits per heavy atom. The number of benzene rings is 1. The zero-order chi connectivity index (χ0) is 34.1. The smallest absolute Gasteiger partial charge is 0.306 e. The second-order valence-electron chi connectivity index (χ2n) is 13.2. The summed E-state index contributed by atoms with van der Waals surface area (Å²) < 4.78 is 18.7. The monoisotopic (exact) mass is 633 g/mol. The highest BCUT2D eigenvalue weighted by Crippen LogP contribution is 2.21. The van der Waals surface area contributed by atoms with Crippen LogP contribution in [0.2, 0.25) is 0 Å². The first kappa shape index (κ1) is 37.2. The Kier molecular flexibility index (Phi) is 13.5. The average Bonchev–Trinajstić information content (AvgIpc) is 3.42. The molecule has 1 aromatic rings. The largest absolute Gasteiger partial charge is 0.460 e. The predicted octanol–water partition coefficient (Wildman–Crippen LogP) is 2.19.